The number of hydrogen-bond acceptors (Lipinski definition) is 5. The largest absolute Gasteiger partial charge is 0.463 e. The number of esters is 2. The summed E-state index contributed by atoms with van der Waals surface area (Å²) in [5.74, 6) is -1.56. The molecule has 0 spiro atoms. The maximum atomic E-state index is 11.9. The number of halogens is 1. The number of benzene rings is 1. The van der Waals surface area contributed by atoms with Crippen molar-refractivity contribution >= 4 is 40.4 Å². The van der Waals surface area contributed by atoms with E-state index >= 15 is 0 Å². The van der Waals surface area contributed by atoms with Gasteiger partial charge in [0, 0.05) is 9.99 Å². The van der Waals surface area contributed by atoms with E-state index in [9.17, 15) is 14.4 Å². The predicted octanol–water partition coefficient (Wildman–Crippen LogP) is 0.880. The van der Waals surface area contributed by atoms with Crippen LogP contribution in [0.15, 0.2) is 24.3 Å². The first-order chi connectivity index (χ1) is 9.58. The van der Waals surface area contributed by atoms with Crippen molar-refractivity contribution in [2.24, 2.45) is 0 Å². The van der Waals surface area contributed by atoms with Crippen molar-refractivity contribution < 1.29 is 23.9 Å². The summed E-state index contributed by atoms with van der Waals surface area (Å²) >= 11 is 2.04. The van der Waals surface area contributed by atoms with E-state index in [0.29, 0.717) is 12.0 Å². The second-order valence-electron chi connectivity index (χ2n) is 4.10. The molecule has 1 aromatic rings. The van der Waals surface area contributed by atoms with Gasteiger partial charge in [0.25, 0.3) is 5.91 Å². The van der Waals surface area contributed by atoms with Gasteiger partial charge >= 0.3 is 11.9 Å². The second kappa shape index (κ2) is 6.69. The molecule has 1 aromatic carbocycles. The summed E-state index contributed by atoms with van der Waals surface area (Å²) in [5, 5.41) is 2.46. The van der Waals surface area contributed by atoms with E-state index in [4.69, 9.17) is 4.74 Å². The van der Waals surface area contributed by atoms with Crippen molar-refractivity contribution in [3.05, 3.63) is 33.4 Å². The number of cyclic esters (lactones) is 1. The maximum absolute atomic E-state index is 11.9. The van der Waals surface area contributed by atoms with E-state index in [1.807, 2.05) is 28.7 Å². The summed E-state index contributed by atoms with van der Waals surface area (Å²) < 4.78 is 10.4. The number of amides is 1. The van der Waals surface area contributed by atoms with Gasteiger partial charge in [-0.15, -0.1) is 0 Å². The Kier molecular flexibility index (Phi) is 4.94. The molecular formula is C13H12INO5. The molecule has 0 unspecified atom stereocenters. The first kappa shape index (κ1) is 14.8. The average molecular weight is 389 g/mol. The minimum absolute atomic E-state index is 0.255. The van der Waals surface area contributed by atoms with Gasteiger partial charge in [0.2, 0.25) is 6.10 Å². The van der Waals surface area contributed by atoms with Gasteiger partial charge in [0.15, 0.2) is 0 Å². The Morgan fingerprint density at radius 3 is 2.80 bits per heavy atom. The highest BCUT2D eigenvalue weighted by Gasteiger charge is 2.30. The van der Waals surface area contributed by atoms with Crippen LogP contribution < -0.4 is 5.32 Å². The molecule has 1 amide bonds. The lowest BCUT2D eigenvalue weighted by Gasteiger charge is -2.09. The fraction of sp³-hybridized carbons (Fsp3) is 0.308. The van der Waals surface area contributed by atoms with E-state index < -0.39 is 18.0 Å². The lowest BCUT2D eigenvalue weighted by molar-refractivity contribution is -0.159. The van der Waals surface area contributed by atoms with E-state index in [0.717, 1.165) is 3.57 Å². The van der Waals surface area contributed by atoms with Crippen LogP contribution in [0, 0.1) is 3.57 Å². The van der Waals surface area contributed by atoms with Crippen LogP contribution in [0.2, 0.25) is 0 Å². The Labute approximate surface area is 129 Å². The van der Waals surface area contributed by atoms with Crippen molar-refractivity contribution in [2.75, 3.05) is 13.2 Å². The number of rotatable bonds is 4. The molecule has 0 bridgehead atoms. The first-order valence-corrected chi connectivity index (χ1v) is 7.04. The van der Waals surface area contributed by atoms with E-state index in [-0.39, 0.29) is 19.1 Å². The van der Waals surface area contributed by atoms with Gasteiger partial charge in [0.1, 0.15) is 6.54 Å². The summed E-state index contributed by atoms with van der Waals surface area (Å²) in [5.41, 5.74) is 0.487. The highest BCUT2D eigenvalue weighted by atomic mass is 127. The van der Waals surface area contributed by atoms with Crippen LogP contribution in [0.1, 0.15) is 16.8 Å². The molecule has 1 fully saturated rings. The van der Waals surface area contributed by atoms with Crippen LogP contribution in [-0.2, 0) is 19.1 Å². The predicted molar refractivity (Wildman–Crippen MR) is 76.9 cm³/mol. The molecule has 1 aliphatic heterocycles. The molecule has 7 heteroatoms. The molecule has 1 saturated heterocycles. The molecule has 0 saturated carbocycles. The summed E-state index contributed by atoms with van der Waals surface area (Å²) in [4.78, 5) is 34.5. The molecule has 1 N–H and O–H groups in total. The normalized spacial score (nSPS) is 17.4. The SMILES string of the molecule is O=C(CNC(=O)c1ccccc1I)O[C@@H]1CCOC1=O. The summed E-state index contributed by atoms with van der Waals surface area (Å²) in [6.45, 7) is -0.0288. The van der Waals surface area contributed by atoms with Crippen LogP contribution in [0.5, 0.6) is 0 Å². The summed E-state index contributed by atoms with van der Waals surface area (Å²) in [6, 6.07) is 7.02. The Balaban J connectivity index is 1.83. The number of hydrogen-bond donors (Lipinski definition) is 1. The molecule has 6 nitrogen and oxygen atoms in total. The number of ether oxygens (including phenoxy) is 2. The van der Waals surface area contributed by atoms with Gasteiger partial charge in [-0.3, -0.25) is 9.59 Å². The standard InChI is InChI=1S/C13H12INO5/c14-9-4-2-1-3-8(9)12(17)15-7-11(16)20-10-5-6-19-13(10)18/h1-4,10H,5-7H2,(H,15,17)/t10-/m1/s1. The van der Waals surface area contributed by atoms with Gasteiger partial charge in [-0.05, 0) is 34.7 Å². The zero-order chi connectivity index (χ0) is 14.5. The topological polar surface area (TPSA) is 81.7 Å². The number of carbonyl (C=O) groups is 3. The average Bonchev–Trinajstić information content (AvgIpc) is 2.82. The summed E-state index contributed by atoms with van der Waals surface area (Å²) in [7, 11) is 0. The molecule has 1 heterocycles. The minimum atomic E-state index is -0.851. The molecular weight excluding hydrogens is 377 g/mol. The van der Waals surface area contributed by atoms with E-state index in [2.05, 4.69) is 10.1 Å². The monoisotopic (exact) mass is 389 g/mol. The number of carbonyl (C=O) groups excluding carboxylic acids is 3. The lowest BCUT2D eigenvalue weighted by atomic mass is 10.2. The van der Waals surface area contributed by atoms with Gasteiger partial charge in [-0.25, -0.2) is 4.79 Å². The van der Waals surface area contributed by atoms with Crippen LogP contribution in [-0.4, -0.2) is 37.1 Å². The second-order valence-corrected chi connectivity index (χ2v) is 5.26. The van der Waals surface area contributed by atoms with Gasteiger partial charge in [-0.1, -0.05) is 12.1 Å². The van der Waals surface area contributed by atoms with Crippen molar-refractivity contribution in [3.8, 4) is 0 Å². The smallest absolute Gasteiger partial charge is 0.347 e. The van der Waals surface area contributed by atoms with Crippen LogP contribution in [0.25, 0.3) is 0 Å². The fourth-order valence-corrected chi connectivity index (χ4v) is 2.31. The van der Waals surface area contributed by atoms with Crippen LogP contribution in [0.3, 0.4) is 0 Å². The van der Waals surface area contributed by atoms with E-state index in [1.165, 1.54) is 0 Å². The Bertz CT molecular complexity index is 545. The van der Waals surface area contributed by atoms with E-state index in [1.54, 1.807) is 18.2 Å². The molecule has 1 aliphatic rings. The minimum Gasteiger partial charge on any atom is -0.463 e. The van der Waals surface area contributed by atoms with Crippen molar-refractivity contribution in [3.63, 3.8) is 0 Å². The third kappa shape index (κ3) is 3.69. The van der Waals surface area contributed by atoms with Gasteiger partial charge in [-0.2, -0.15) is 0 Å². The number of nitrogens with one attached hydrogen (secondary N) is 1. The quantitative estimate of drug-likeness (QED) is 0.611. The van der Waals surface area contributed by atoms with Gasteiger partial charge in [0.05, 0.1) is 12.2 Å². The van der Waals surface area contributed by atoms with Crippen LogP contribution in [0.4, 0.5) is 0 Å². The molecule has 106 valence electrons. The van der Waals surface area contributed by atoms with Crippen molar-refractivity contribution in [1.82, 2.24) is 5.32 Å². The van der Waals surface area contributed by atoms with Crippen molar-refractivity contribution in [2.45, 2.75) is 12.5 Å². The fourth-order valence-electron chi connectivity index (χ4n) is 1.68. The zero-order valence-electron chi connectivity index (χ0n) is 10.4. The third-order valence-electron chi connectivity index (χ3n) is 2.67. The molecule has 0 aromatic heterocycles. The zero-order valence-corrected chi connectivity index (χ0v) is 12.6. The highest BCUT2D eigenvalue weighted by Crippen LogP contribution is 2.12. The Morgan fingerprint density at radius 2 is 2.15 bits per heavy atom. The molecule has 1 atom stereocenters. The molecule has 2 rings (SSSR count). The first-order valence-electron chi connectivity index (χ1n) is 5.97. The van der Waals surface area contributed by atoms with Crippen molar-refractivity contribution in [1.29, 1.82) is 0 Å². The highest BCUT2D eigenvalue weighted by molar-refractivity contribution is 14.1. The molecule has 0 aliphatic carbocycles. The van der Waals surface area contributed by atoms with Crippen LogP contribution >= 0.6 is 22.6 Å². The third-order valence-corrected chi connectivity index (χ3v) is 3.61. The summed E-state index contributed by atoms with van der Waals surface area (Å²) in [6.07, 6.45) is -0.494. The Hall–Kier alpha value is -1.64. The maximum Gasteiger partial charge on any atom is 0.347 e. The Morgan fingerprint density at radius 1 is 1.40 bits per heavy atom. The molecule has 20 heavy (non-hydrogen) atoms. The lowest BCUT2D eigenvalue weighted by Crippen LogP contribution is -2.34. The van der Waals surface area contributed by atoms with Gasteiger partial charge < -0.3 is 14.8 Å². The molecule has 0 radical (unpaired) electrons.